The molecule has 2 rings (SSSR count). The van der Waals surface area contributed by atoms with E-state index in [9.17, 15) is 4.79 Å². The van der Waals surface area contributed by atoms with Gasteiger partial charge < -0.3 is 10.6 Å². The van der Waals surface area contributed by atoms with Crippen LogP contribution in [-0.2, 0) is 0 Å². The Morgan fingerprint density at radius 2 is 2.10 bits per heavy atom. The number of nitrogens with zero attached hydrogens (tertiary/aromatic N) is 3. The smallest absolute Gasteiger partial charge is 0.270 e. The first-order chi connectivity index (χ1) is 9.65. The van der Waals surface area contributed by atoms with Crippen LogP contribution in [0, 0.1) is 13.8 Å². The maximum Gasteiger partial charge on any atom is 0.270 e. The van der Waals surface area contributed by atoms with Crippen LogP contribution in [0.2, 0.25) is 0 Å². The molecule has 0 fully saturated rings. The molecule has 2 N–H and O–H groups in total. The lowest BCUT2D eigenvalue weighted by molar-refractivity contribution is 0.0949. The van der Waals surface area contributed by atoms with Gasteiger partial charge in [-0.3, -0.25) is 9.78 Å². The molecule has 20 heavy (non-hydrogen) atoms. The molecule has 1 amide bonds. The van der Waals surface area contributed by atoms with Gasteiger partial charge >= 0.3 is 0 Å². The third-order valence-corrected chi connectivity index (χ3v) is 2.60. The van der Waals surface area contributed by atoms with Crippen molar-refractivity contribution in [2.24, 2.45) is 0 Å². The summed E-state index contributed by atoms with van der Waals surface area (Å²) in [6.45, 7) is 4.75. The minimum absolute atomic E-state index is 0.188. The van der Waals surface area contributed by atoms with Gasteiger partial charge in [0.25, 0.3) is 5.91 Å². The minimum atomic E-state index is -0.188. The van der Waals surface area contributed by atoms with Crippen LogP contribution in [0.4, 0.5) is 5.69 Å². The number of aryl methyl sites for hydroxylation is 2. The summed E-state index contributed by atoms with van der Waals surface area (Å²) in [6, 6.07) is 5.45. The second-order valence-electron chi connectivity index (χ2n) is 4.37. The van der Waals surface area contributed by atoms with Crippen LogP contribution in [0.15, 0.2) is 30.6 Å². The van der Waals surface area contributed by atoms with Gasteiger partial charge in [0, 0.05) is 31.2 Å². The summed E-state index contributed by atoms with van der Waals surface area (Å²) < 4.78 is 0. The molecule has 0 aliphatic heterocycles. The summed E-state index contributed by atoms with van der Waals surface area (Å²) in [5, 5.41) is 5.98. The van der Waals surface area contributed by atoms with E-state index in [-0.39, 0.29) is 5.91 Å². The number of carbonyl (C=O) groups is 1. The SMILES string of the molecule is Cc1cc(C(=O)NCCNc2cccnc2)nc(C)n1. The van der Waals surface area contributed by atoms with Gasteiger partial charge in [0.15, 0.2) is 0 Å². The molecule has 6 heteroatoms. The van der Waals surface area contributed by atoms with Crippen molar-refractivity contribution in [1.29, 1.82) is 0 Å². The van der Waals surface area contributed by atoms with E-state index in [1.807, 2.05) is 19.1 Å². The Bertz CT molecular complexity index is 565. The zero-order valence-electron chi connectivity index (χ0n) is 11.6. The molecule has 0 unspecified atom stereocenters. The summed E-state index contributed by atoms with van der Waals surface area (Å²) in [4.78, 5) is 24.2. The van der Waals surface area contributed by atoms with E-state index in [4.69, 9.17) is 0 Å². The third kappa shape index (κ3) is 4.01. The monoisotopic (exact) mass is 271 g/mol. The molecule has 104 valence electrons. The van der Waals surface area contributed by atoms with E-state index < -0.39 is 0 Å². The van der Waals surface area contributed by atoms with Crippen molar-refractivity contribution in [1.82, 2.24) is 20.3 Å². The standard InChI is InChI=1S/C14H17N5O/c1-10-8-13(19-11(2)18-10)14(20)17-7-6-16-12-4-3-5-15-9-12/h3-5,8-9,16H,6-7H2,1-2H3,(H,17,20). The third-order valence-electron chi connectivity index (χ3n) is 2.60. The van der Waals surface area contributed by atoms with Crippen molar-refractivity contribution < 1.29 is 4.79 Å². The summed E-state index contributed by atoms with van der Waals surface area (Å²) in [7, 11) is 0. The molecular formula is C14H17N5O. The predicted molar refractivity (Wildman–Crippen MR) is 76.6 cm³/mol. The number of hydrogen-bond donors (Lipinski definition) is 2. The van der Waals surface area contributed by atoms with Crippen molar-refractivity contribution in [2.75, 3.05) is 18.4 Å². The van der Waals surface area contributed by atoms with E-state index in [2.05, 4.69) is 25.6 Å². The van der Waals surface area contributed by atoms with Gasteiger partial charge in [-0.15, -0.1) is 0 Å². The fourth-order valence-corrected chi connectivity index (χ4v) is 1.77. The maximum absolute atomic E-state index is 11.9. The van der Waals surface area contributed by atoms with Gasteiger partial charge in [-0.25, -0.2) is 9.97 Å². The quantitative estimate of drug-likeness (QED) is 0.802. The molecule has 0 aliphatic rings. The molecule has 0 spiro atoms. The van der Waals surface area contributed by atoms with Crippen LogP contribution in [0.3, 0.4) is 0 Å². The second kappa shape index (κ2) is 6.60. The van der Waals surface area contributed by atoms with E-state index in [1.54, 1.807) is 25.4 Å². The Balaban J connectivity index is 1.80. The van der Waals surface area contributed by atoms with Gasteiger partial charge in [-0.1, -0.05) is 0 Å². The molecule has 2 aromatic rings. The number of pyridine rings is 1. The fraction of sp³-hybridized carbons (Fsp3) is 0.286. The molecule has 0 saturated carbocycles. The summed E-state index contributed by atoms with van der Waals surface area (Å²) in [5.41, 5.74) is 2.11. The zero-order chi connectivity index (χ0) is 14.4. The Kier molecular flexibility index (Phi) is 4.60. The molecule has 0 bridgehead atoms. The first-order valence-corrected chi connectivity index (χ1v) is 6.39. The highest BCUT2D eigenvalue weighted by Gasteiger charge is 2.08. The highest BCUT2D eigenvalue weighted by Crippen LogP contribution is 2.01. The molecule has 0 saturated heterocycles. The predicted octanol–water partition coefficient (Wildman–Crippen LogP) is 1.33. The summed E-state index contributed by atoms with van der Waals surface area (Å²) in [5.74, 6) is 0.412. The molecule has 0 aromatic carbocycles. The van der Waals surface area contributed by atoms with Gasteiger partial charge in [0.2, 0.25) is 0 Å². The summed E-state index contributed by atoms with van der Waals surface area (Å²) in [6.07, 6.45) is 3.45. The van der Waals surface area contributed by atoms with Crippen LogP contribution in [0.1, 0.15) is 22.0 Å². The first kappa shape index (κ1) is 13.9. The Labute approximate surface area is 117 Å². The van der Waals surface area contributed by atoms with Crippen LogP contribution < -0.4 is 10.6 Å². The van der Waals surface area contributed by atoms with Gasteiger partial charge in [0.05, 0.1) is 5.69 Å². The molecular weight excluding hydrogens is 254 g/mol. The molecule has 2 heterocycles. The maximum atomic E-state index is 11.9. The number of amides is 1. The Hall–Kier alpha value is -2.50. The Morgan fingerprint density at radius 1 is 1.25 bits per heavy atom. The lowest BCUT2D eigenvalue weighted by Crippen LogP contribution is -2.29. The van der Waals surface area contributed by atoms with E-state index in [1.165, 1.54) is 0 Å². The van der Waals surface area contributed by atoms with Crippen molar-refractivity contribution in [3.63, 3.8) is 0 Å². The molecule has 0 radical (unpaired) electrons. The largest absolute Gasteiger partial charge is 0.382 e. The highest BCUT2D eigenvalue weighted by molar-refractivity contribution is 5.92. The fourth-order valence-electron chi connectivity index (χ4n) is 1.77. The molecule has 0 aliphatic carbocycles. The normalized spacial score (nSPS) is 10.1. The van der Waals surface area contributed by atoms with E-state index in [0.29, 0.717) is 24.6 Å². The van der Waals surface area contributed by atoms with Crippen molar-refractivity contribution in [3.8, 4) is 0 Å². The van der Waals surface area contributed by atoms with E-state index >= 15 is 0 Å². The van der Waals surface area contributed by atoms with Gasteiger partial charge in [-0.05, 0) is 32.0 Å². The van der Waals surface area contributed by atoms with Gasteiger partial charge in [-0.2, -0.15) is 0 Å². The van der Waals surface area contributed by atoms with Crippen LogP contribution >= 0.6 is 0 Å². The molecule has 6 nitrogen and oxygen atoms in total. The average Bonchev–Trinajstić information content (AvgIpc) is 2.43. The van der Waals surface area contributed by atoms with Crippen LogP contribution in [0.25, 0.3) is 0 Å². The summed E-state index contributed by atoms with van der Waals surface area (Å²) >= 11 is 0. The van der Waals surface area contributed by atoms with E-state index in [0.717, 1.165) is 11.4 Å². The van der Waals surface area contributed by atoms with Crippen LogP contribution in [0.5, 0.6) is 0 Å². The highest BCUT2D eigenvalue weighted by atomic mass is 16.1. The minimum Gasteiger partial charge on any atom is -0.382 e. The van der Waals surface area contributed by atoms with Crippen LogP contribution in [-0.4, -0.2) is 33.9 Å². The van der Waals surface area contributed by atoms with Crippen molar-refractivity contribution in [3.05, 3.63) is 47.8 Å². The molecule has 2 aromatic heterocycles. The Morgan fingerprint density at radius 3 is 2.80 bits per heavy atom. The molecule has 0 atom stereocenters. The number of anilines is 1. The first-order valence-electron chi connectivity index (χ1n) is 6.39. The number of aromatic nitrogens is 3. The number of nitrogens with one attached hydrogen (secondary N) is 2. The lowest BCUT2D eigenvalue weighted by atomic mass is 10.3. The van der Waals surface area contributed by atoms with Crippen molar-refractivity contribution in [2.45, 2.75) is 13.8 Å². The number of hydrogen-bond acceptors (Lipinski definition) is 5. The number of rotatable bonds is 5. The zero-order valence-corrected chi connectivity index (χ0v) is 11.6. The van der Waals surface area contributed by atoms with Crippen molar-refractivity contribution >= 4 is 11.6 Å². The number of carbonyl (C=O) groups excluding carboxylic acids is 1. The lowest BCUT2D eigenvalue weighted by Gasteiger charge is -2.08. The van der Waals surface area contributed by atoms with Gasteiger partial charge in [0.1, 0.15) is 11.5 Å². The topological polar surface area (TPSA) is 79.8 Å². The average molecular weight is 271 g/mol. The second-order valence-corrected chi connectivity index (χ2v) is 4.37.